The van der Waals surface area contributed by atoms with E-state index in [2.05, 4.69) is 46.4 Å². The van der Waals surface area contributed by atoms with E-state index in [-0.39, 0.29) is 5.91 Å². The Morgan fingerprint density at radius 2 is 1.90 bits per heavy atom. The van der Waals surface area contributed by atoms with Gasteiger partial charge in [-0.05, 0) is 30.4 Å². The lowest BCUT2D eigenvalue weighted by Crippen LogP contribution is -2.34. The minimum absolute atomic E-state index is 0.0681. The van der Waals surface area contributed by atoms with E-state index < -0.39 is 0 Å². The number of benzene rings is 1. The minimum Gasteiger partial charge on any atom is -0.335 e. The van der Waals surface area contributed by atoms with E-state index >= 15 is 0 Å². The molecule has 1 amide bonds. The number of nitrogens with one attached hydrogen (secondary N) is 1. The molecule has 0 bridgehead atoms. The molecule has 1 aliphatic rings. The van der Waals surface area contributed by atoms with Gasteiger partial charge < -0.3 is 4.90 Å². The van der Waals surface area contributed by atoms with Gasteiger partial charge in [0.2, 0.25) is 5.82 Å². The maximum absolute atomic E-state index is 12.5. The van der Waals surface area contributed by atoms with Crippen molar-refractivity contribution in [3.8, 4) is 0 Å². The monoisotopic (exact) mass is 284 g/mol. The van der Waals surface area contributed by atoms with Crippen molar-refractivity contribution in [3.63, 3.8) is 0 Å². The summed E-state index contributed by atoms with van der Waals surface area (Å²) in [6.45, 7) is 3.54. The molecular formula is C16H20N4O. The Balaban J connectivity index is 1.71. The van der Waals surface area contributed by atoms with E-state index in [4.69, 9.17) is 0 Å². The molecule has 0 unspecified atom stereocenters. The van der Waals surface area contributed by atoms with Crippen molar-refractivity contribution in [2.45, 2.75) is 32.6 Å². The fourth-order valence-electron chi connectivity index (χ4n) is 2.75. The molecule has 0 radical (unpaired) electrons. The first-order valence-electron chi connectivity index (χ1n) is 7.55. The molecule has 0 fully saturated rings. The molecule has 0 spiro atoms. The highest BCUT2D eigenvalue weighted by molar-refractivity contribution is 5.90. The summed E-state index contributed by atoms with van der Waals surface area (Å²) in [5.41, 5.74) is 2.68. The van der Waals surface area contributed by atoms with Crippen LogP contribution in [0.1, 0.15) is 40.9 Å². The standard InChI is InChI=1S/C16H20N4O/c1-2-5-14-17-15(19-18-14)16(21)20-10-8-12-6-3-4-7-13(12)9-11-20/h3-4,6-7H,2,5,8-11H2,1H3,(H,17,18,19). The van der Waals surface area contributed by atoms with Gasteiger partial charge in [0.25, 0.3) is 5.91 Å². The van der Waals surface area contributed by atoms with E-state index in [0.717, 1.165) is 44.6 Å². The number of carbonyl (C=O) groups is 1. The van der Waals surface area contributed by atoms with E-state index in [9.17, 15) is 4.79 Å². The quantitative estimate of drug-likeness (QED) is 0.937. The number of hydrogen-bond acceptors (Lipinski definition) is 3. The van der Waals surface area contributed by atoms with Crippen LogP contribution in [0.3, 0.4) is 0 Å². The van der Waals surface area contributed by atoms with Crippen molar-refractivity contribution in [1.29, 1.82) is 0 Å². The first-order chi connectivity index (χ1) is 10.3. The van der Waals surface area contributed by atoms with E-state index in [1.54, 1.807) is 0 Å². The van der Waals surface area contributed by atoms with E-state index in [1.165, 1.54) is 11.1 Å². The Morgan fingerprint density at radius 1 is 1.24 bits per heavy atom. The van der Waals surface area contributed by atoms with Gasteiger partial charge in [0.1, 0.15) is 5.82 Å². The van der Waals surface area contributed by atoms with Crippen LogP contribution in [0.2, 0.25) is 0 Å². The van der Waals surface area contributed by atoms with Crippen LogP contribution in [0, 0.1) is 0 Å². The van der Waals surface area contributed by atoms with Crippen molar-refractivity contribution < 1.29 is 4.79 Å². The third kappa shape index (κ3) is 2.96. The summed E-state index contributed by atoms with van der Waals surface area (Å²) >= 11 is 0. The van der Waals surface area contributed by atoms with Gasteiger partial charge in [-0.15, -0.1) is 5.10 Å². The fourth-order valence-corrected chi connectivity index (χ4v) is 2.75. The SMILES string of the molecule is CCCc1nc(C(=O)N2CCc3ccccc3CC2)n[nH]1. The number of aromatic amines is 1. The average molecular weight is 284 g/mol. The predicted molar refractivity (Wildman–Crippen MR) is 80.1 cm³/mol. The zero-order valence-corrected chi connectivity index (χ0v) is 12.3. The molecule has 5 nitrogen and oxygen atoms in total. The number of fused-ring (bicyclic) bond motifs is 1. The molecule has 21 heavy (non-hydrogen) atoms. The van der Waals surface area contributed by atoms with Crippen LogP contribution in [0.25, 0.3) is 0 Å². The minimum atomic E-state index is -0.0681. The smallest absolute Gasteiger partial charge is 0.293 e. The molecule has 0 atom stereocenters. The summed E-state index contributed by atoms with van der Waals surface area (Å²) in [5, 5.41) is 6.91. The molecule has 1 aromatic heterocycles. The van der Waals surface area contributed by atoms with Crippen LogP contribution in [0.15, 0.2) is 24.3 Å². The largest absolute Gasteiger partial charge is 0.335 e. The lowest BCUT2D eigenvalue weighted by molar-refractivity contribution is 0.0751. The topological polar surface area (TPSA) is 61.9 Å². The molecule has 2 aromatic rings. The molecule has 0 saturated heterocycles. The van der Waals surface area contributed by atoms with Crippen LogP contribution in [-0.2, 0) is 19.3 Å². The second-order valence-electron chi connectivity index (χ2n) is 5.42. The normalized spacial score (nSPS) is 14.6. The van der Waals surface area contributed by atoms with Crippen LogP contribution >= 0.6 is 0 Å². The average Bonchev–Trinajstić information content (AvgIpc) is 2.86. The Kier molecular flexibility index (Phi) is 3.99. The van der Waals surface area contributed by atoms with Gasteiger partial charge in [-0.25, -0.2) is 4.98 Å². The maximum atomic E-state index is 12.5. The number of hydrogen-bond donors (Lipinski definition) is 1. The third-order valence-corrected chi connectivity index (χ3v) is 3.92. The number of H-pyrrole nitrogens is 1. The summed E-state index contributed by atoms with van der Waals surface area (Å²) in [6, 6.07) is 8.41. The highest BCUT2D eigenvalue weighted by Crippen LogP contribution is 2.16. The third-order valence-electron chi connectivity index (χ3n) is 3.92. The van der Waals surface area contributed by atoms with Gasteiger partial charge in [0.05, 0.1) is 0 Å². The highest BCUT2D eigenvalue weighted by atomic mass is 16.2. The predicted octanol–water partition coefficient (Wildman–Crippen LogP) is 2.00. The van der Waals surface area contributed by atoms with Gasteiger partial charge in [0.15, 0.2) is 0 Å². The van der Waals surface area contributed by atoms with Crippen molar-refractivity contribution in [1.82, 2.24) is 20.1 Å². The molecule has 1 aromatic carbocycles. The van der Waals surface area contributed by atoms with Gasteiger partial charge in [-0.3, -0.25) is 9.89 Å². The summed E-state index contributed by atoms with van der Waals surface area (Å²) in [4.78, 5) is 18.7. The first-order valence-corrected chi connectivity index (χ1v) is 7.55. The zero-order valence-electron chi connectivity index (χ0n) is 12.3. The maximum Gasteiger partial charge on any atom is 0.293 e. The Bertz CT molecular complexity index is 608. The molecule has 110 valence electrons. The molecular weight excluding hydrogens is 264 g/mol. The van der Waals surface area contributed by atoms with Crippen LogP contribution < -0.4 is 0 Å². The molecule has 5 heteroatoms. The summed E-state index contributed by atoms with van der Waals surface area (Å²) < 4.78 is 0. The summed E-state index contributed by atoms with van der Waals surface area (Å²) in [5.74, 6) is 1.02. The Morgan fingerprint density at radius 3 is 2.52 bits per heavy atom. The first kappa shape index (κ1) is 13.8. The second kappa shape index (κ2) is 6.08. The number of rotatable bonds is 3. The van der Waals surface area contributed by atoms with E-state index in [0.29, 0.717) is 5.82 Å². The van der Waals surface area contributed by atoms with Crippen molar-refractivity contribution in [3.05, 3.63) is 47.0 Å². The van der Waals surface area contributed by atoms with Crippen molar-refractivity contribution >= 4 is 5.91 Å². The lowest BCUT2D eigenvalue weighted by atomic mass is 10.0. The van der Waals surface area contributed by atoms with Gasteiger partial charge in [-0.1, -0.05) is 31.2 Å². The molecule has 1 aliphatic heterocycles. The van der Waals surface area contributed by atoms with Crippen molar-refractivity contribution in [2.24, 2.45) is 0 Å². The lowest BCUT2D eigenvalue weighted by Gasteiger charge is -2.18. The van der Waals surface area contributed by atoms with Crippen LogP contribution in [-0.4, -0.2) is 39.1 Å². The number of carbonyl (C=O) groups excluding carboxylic acids is 1. The summed E-state index contributed by atoms with van der Waals surface area (Å²) in [6.07, 6.45) is 3.61. The molecule has 3 rings (SSSR count). The molecule has 1 N–H and O–H groups in total. The Labute approximate surface area is 124 Å². The fraction of sp³-hybridized carbons (Fsp3) is 0.438. The van der Waals surface area contributed by atoms with Gasteiger partial charge >= 0.3 is 0 Å². The van der Waals surface area contributed by atoms with E-state index in [1.807, 2.05) is 4.90 Å². The molecule has 0 aliphatic carbocycles. The number of aryl methyl sites for hydroxylation is 1. The second-order valence-corrected chi connectivity index (χ2v) is 5.42. The number of nitrogens with zero attached hydrogens (tertiary/aromatic N) is 3. The van der Waals surface area contributed by atoms with Crippen molar-refractivity contribution in [2.75, 3.05) is 13.1 Å². The molecule has 0 saturated carbocycles. The van der Waals surface area contributed by atoms with Crippen LogP contribution in [0.4, 0.5) is 0 Å². The highest BCUT2D eigenvalue weighted by Gasteiger charge is 2.22. The van der Waals surface area contributed by atoms with Gasteiger partial charge in [0, 0.05) is 19.5 Å². The zero-order chi connectivity index (χ0) is 14.7. The number of aromatic nitrogens is 3. The number of amides is 1. The van der Waals surface area contributed by atoms with Crippen LogP contribution in [0.5, 0.6) is 0 Å². The summed E-state index contributed by atoms with van der Waals surface area (Å²) in [7, 11) is 0. The molecule has 2 heterocycles. The van der Waals surface area contributed by atoms with Gasteiger partial charge in [-0.2, -0.15) is 0 Å². The Hall–Kier alpha value is -2.17.